The molecule has 1 aromatic carbocycles. The van der Waals surface area contributed by atoms with Gasteiger partial charge >= 0.3 is 0 Å². The Balaban J connectivity index is 2.43. The summed E-state index contributed by atoms with van der Waals surface area (Å²) in [7, 11) is 0. The third-order valence-corrected chi connectivity index (χ3v) is 3.28. The maximum atomic E-state index is 11.1. The fraction of sp³-hybridized carbons (Fsp3) is 0.167. The van der Waals surface area contributed by atoms with E-state index >= 15 is 0 Å². The van der Waals surface area contributed by atoms with E-state index in [9.17, 15) is 4.79 Å². The van der Waals surface area contributed by atoms with Crippen molar-refractivity contribution in [2.45, 2.75) is 13.8 Å². The summed E-state index contributed by atoms with van der Waals surface area (Å²) in [6.45, 7) is 3.40. The molecule has 1 aromatic heterocycles. The number of nitrogens with one attached hydrogen (secondary N) is 1. The van der Waals surface area contributed by atoms with Gasteiger partial charge in [-0.2, -0.15) is 0 Å². The van der Waals surface area contributed by atoms with Gasteiger partial charge in [-0.3, -0.25) is 4.79 Å². The lowest BCUT2D eigenvalue weighted by Gasteiger charge is -2.02. The second-order valence-corrected chi connectivity index (χ2v) is 5.24. The van der Waals surface area contributed by atoms with Crippen LogP contribution in [0.15, 0.2) is 24.3 Å². The first-order valence-electron chi connectivity index (χ1n) is 5.07. The van der Waals surface area contributed by atoms with E-state index in [2.05, 4.69) is 10.3 Å². The molecular formula is C12H11ClN2OS. The topological polar surface area (TPSA) is 42.0 Å². The minimum absolute atomic E-state index is 0.0936. The molecule has 2 rings (SSSR count). The van der Waals surface area contributed by atoms with Crippen molar-refractivity contribution in [3.05, 3.63) is 34.3 Å². The summed E-state index contributed by atoms with van der Waals surface area (Å²) in [5.41, 5.74) is 1.74. The highest BCUT2D eigenvalue weighted by atomic mass is 35.5. The van der Waals surface area contributed by atoms with E-state index in [-0.39, 0.29) is 5.91 Å². The number of aromatic nitrogens is 1. The van der Waals surface area contributed by atoms with Crippen LogP contribution in [-0.4, -0.2) is 10.9 Å². The highest BCUT2D eigenvalue weighted by Crippen LogP contribution is 2.33. The summed E-state index contributed by atoms with van der Waals surface area (Å²) in [6, 6.07) is 7.40. The number of carbonyl (C=O) groups is 1. The average Bonchev–Trinajstić information content (AvgIpc) is 2.59. The van der Waals surface area contributed by atoms with Crippen molar-refractivity contribution in [2.24, 2.45) is 0 Å². The second-order valence-electron chi connectivity index (χ2n) is 3.60. The van der Waals surface area contributed by atoms with Gasteiger partial charge in [-0.15, -0.1) is 11.3 Å². The SMILES string of the molecule is CC(=O)Nc1sc(C)nc1-c1ccc(Cl)cc1. The highest BCUT2D eigenvalue weighted by molar-refractivity contribution is 7.16. The Morgan fingerprint density at radius 3 is 2.59 bits per heavy atom. The Hall–Kier alpha value is -1.39. The standard InChI is InChI=1S/C12H11ClN2OS/c1-7(16)14-12-11(15-8(2)17-12)9-3-5-10(13)6-4-9/h3-6H,1-2H3,(H,14,16). The van der Waals surface area contributed by atoms with Crippen molar-refractivity contribution in [2.75, 3.05) is 5.32 Å². The van der Waals surface area contributed by atoms with Gasteiger partial charge in [0.2, 0.25) is 5.91 Å². The van der Waals surface area contributed by atoms with Crippen LogP contribution in [0.1, 0.15) is 11.9 Å². The van der Waals surface area contributed by atoms with Crippen molar-refractivity contribution < 1.29 is 4.79 Å². The van der Waals surface area contributed by atoms with Crippen LogP contribution in [0.3, 0.4) is 0 Å². The van der Waals surface area contributed by atoms with Crippen LogP contribution in [0.4, 0.5) is 5.00 Å². The summed E-state index contributed by atoms with van der Waals surface area (Å²) >= 11 is 7.31. The van der Waals surface area contributed by atoms with E-state index in [1.807, 2.05) is 31.2 Å². The fourth-order valence-electron chi connectivity index (χ4n) is 1.48. The smallest absolute Gasteiger partial charge is 0.221 e. The molecular weight excluding hydrogens is 256 g/mol. The van der Waals surface area contributed by atoms with Gasteiger partial charge in [0.05, 0.1) is 5.01 Å². The van der Waals surface area contributed by atoms with Gasteiger partial charge < -0.3 is 5.32 Å². The molecule has 0 fully saturated rings. The number of hydrogen-bond donors (Lipinski definition) is 1. The summed E-state index contributed by atoms with van der Waals surface area (Å²) in [5.74, 6) is -0.0936. The minimum atomic E-state index is -0.0936. The van der Waals surface area contributed by atoms with Crippen molar-refractivity contribution in [1.29, 1.82) is 0 Å². The van der Waals surface area contributed by atoms with Gasteiger partial charge in [0.15, 0.2) is 0 Å². The highest BCUT2D eigenvalue weighted by Gasteiger charge is 2.12. The Morgan fingerprint density at radius 2 is 2.00 bits per heavy atom. The second kappa shape index (κ2) is 4.85. The number of halogens is 1. The van der Waals surface area contributed by atoms with Crippen LogP contribution in [0, 0.1) is 6.92 Å². The van der Waals surface area contributed by atoms with Gasteiger partial charge in [-0.05, 0) is 19.1 Å². The predicted molar refractivity (Wildman–Crippen MR) is 71.6 cm³/mol. The Bertz CT molecular complexity index is 548. The molecule has 5 heteroatoms. The van der Waals surface area contributed by atoms with Gasteiger partial charge in [-0.25, -0.2) is 4.98 Å². The molecule has 0 atom stereocenters. The van der Waals surface area contributed by atoms with E-state index in [1.54, 1.807) is 0 Å². The Kier molecular flexibility index (Phi) is 3.45. The number of nitrogens with zero attached hydrogens (tertiary/aromatic N) is 1. The van der Waals surface area contributed by atoms with Crippen LogP contribution in [0.2, 0.25) is 5.02 Å². The summed E-state index contributed by atoms with van der Waals surface area (Å²) < 4.78 is 0. The zero-order valence-corrected chi connectivity index (χ0v) is 11.0. The molecule has 0 saturated carbocycles. The van der Waals surface area contributed by atoms with E-state index in [4.69, 9.17) is 11.6 Å². The predicted octanol–water partition coefficient (Wildman–Crippen LogP) is 3.73. The number of carbonyl (C=O) groups excluding carboxylic acids is 1. The lowest BCUT2D eigenvalue weighted by molar-refractivity contribution is -0.114. The first kappa shape index (κ1) is 12.1. The molecule has 0 bridgehead atoms. The van der Waals surface area contributed by atoms with Crippen LogP contribution in [0.25, 0.3) is 11.3 Å². The molecule has 0 radical (unpaired) electrons. The third kappa shape index (κ3) is 2.84. The molecule has 0 aliphatic heterocycles. The number of anilines is 1. The lowest BCUT2D eigenvalue weighted by atomic mass is 10.1. The van der Waals surface area contributed by atoms with Crippen LogP contribution < -0.4 is 5.32 Å². The van der Waals surface area contributed by atoms with E-state index < -0.39 is 0 Å². The normalized spacial score (nSPS) is 10.3. The summed E-state index contributed by atoms with van der Waals surface area (Å²) in [6.07, 6.45) is 0. The van der Waals surface area contributed by atoms with Gasteiger partial charge in [0.25, 0.3) is 0 Å². The fourth-order valence-corrected chi connectivity index (χ4v) is 2.49. The molecule has 88 valence electrons. The monoisotopic (exact) mass is 266 g/mol. The van der Waals surface area contributed by atoms with Crippen LogP contribution in [-0.2, 0) is 4.79 Å². The van der Waals surface area contributed by atoms with Crippen molar-refractivity contribution in [1.82, 2.24) is 4.98 Å². The molecule has 1 N–H and O–H groups in total. The van der Waals surface area contributed by atoms with Crippen molar-refractivity contribution in [3.8, 4) is 11.3 Å². The third-order valence-electron chi connectivity index (χ3n) is 2.14. The zero-order valence-electron chi connectivity index (χ0n) is 9.45. The van der Waals surface area contributed by atoms with Gasteiger partial charge in [0, 0.05) is 17.5 Å². The van der Waals surface area contributed by atoms with Crippen LogP contribution in [0.5, 0.6) is 0 Å². The number of aryl methyl sites for hydroxylation is 1. The molecule has 0 aliphatic carbocycles. The molecule has 3 nitrogen and oxygen atoms in total. The molecule has 2 aromatic rings. The first-order valence-corrected chi connectivity index (χ1v) is 6.26. The first-order chi connectivity index (χ1) is 8.06. The Labute approximate surface area is 108 Å². The molecule has 17 heavy (non-hydrogen) atoms. The van der Waals surface area contributed by atoms with E-state index in [0.29, 0.717) is 5.02 Å². The lowest BCUT2D eigenvalue weighted by Crippen LogP contribution is -2.05. The van der Waals surface area contributed by atoms with Crippen molar-refractivity contribution >= 4 is 33.8 Å². The maximum Gasteiger partial charge on any atom is 0.221 e. The summed E-state index contributed by atoms with van der Waals surface area (Å²) in [5, 5.41) is 5.16. The molecule has 0 aliphatic rings. The van der Waals surface area contributed by atoms with Gasteiger partial charge in [0.1, 0.15) is 10.7 Å². The summed E-state index contributed by atoms with van der Waals surface area (Å²) in [4.78, 5) is 15.5. The maximum absolute atomic E-state index is 11.1. The number of hydrogen-bond acceptors (Lipinski definition) is 3. The number of amides is 1. The van der Waals surface area contributed by atoms with E-state index in [0.717, 1.165) is 21.3 Å². The number of benzene rings is 1. The minimum Gasteiger partial charge on any atom is -0.316 e. The van der Waals surface area contributed by atoms with E-state index in [1.165, 1.54) is 18.3 Å². The molecule has 0 unspecified atom stereocenters. The number of rotatable bonds is 2. The molecule has 1 heterocycles. The number of thiazole rings is 1. The average molecular weight is 267 g/mol. The molecule has 0 spiro atoms. The quantitative estimate of drug-likeness (QED) is 0.900. The van der Waals surface area contributed by atoms with Crippen LogP contribution >= 0.6 is 22.9 Å². The van der Waals surface area contributed by atoms with Gasteiger partial charge in [-0.1, -0.05) is 23.7 Å². The Morgan fingerprint density at radius 1 is 1.35 bits per heavy atom. The zero-order chi connectivity index (χ0) is 12.4. The molecule has 1 amide bonds. The molecule has 0 saturated heterocycles. The van der Waals surface area contributed by atoms with Crippen molar-refractivity contribution in [3.63, 3.8) is 0 Å². The largest absolute Gasteiger partial charge is 0.316 e.